The first-order valence-corrected chi connectivity index (χ1v) is 8.54. The van der Waals surface area contributed by atoms with Crippen LogP contribution >= 0.6 is 11.3 Å². The zero-order chi connectivity index (χ0) is 17.4. The average molecular weight is 353 g/mol. The van der Waals surface area contributed by atoms with Gasteiger partial charge >= 0.3 is 0 Å². The minimum Gasteiger partial charge on any atom is -0.411 e. The first kappa shape index (κ1) is 15.6. The minimum atomic E-state index is 0.486. The molecule has 0 saturated heterocycles. The summed E-state index contributed by atoms with van der Waals surface area (Å²) < 4.78 is 0. The van der Waals surface area contributed by atoms with Crippen LogP contribution in [-0.4, -0.2) is 49.7 Å². The van der Waals surface area contributed by atoms with Crippen molar-refractivity contribution in [1.29, 1.82) is 0 Å². The van der Waals surface area contributed by atoms with E-state index in [0.29, 0.717) is 36.0 Å². The van der Waals surface area contributed by atoms with Gasteiger partial charge in [0.05, 0.1) is 10.6 Å². The largest absolute Gasteiger partial charge is 0.411 e. The SMILES string of the molecule is Cc1nc(-c2cccnc2)sc1-c1nnc2c(n1)/C(=N/O)CCN2C. The number of thiazole rings is 1. The molecule has 1 aliphatic heterocycles. The molecule has 0 spiro atoms. The van der Waals surface area contributed by atoms with Gasteiger partial charge in [-0.15, -0.1) is 21.5 Å². The number of rotatable bonds is 2. The van der Waals surface area contributed by atoms with Crippen LogP contribution in [0.4, 0.5) is 5.82 Å². The van der Waals surface area contributed by atoms with E-state index in [2.05, 4.69) is 30.3 Å². The number of fused-ring (bicyclic) bond motifs is 1. The van der Waals surface area contributed by atoms with Gasteiger partial charge in [-0.05, 0) is 19.1 Å². The molecule has 0 bridgehead atoms. The fraction of sp³-hybridized carbons (Fsp3) is 0.250. The van der Waals surface area contributed by atoms with Gasteiger partial charge in [0.2, 0.25) is 0 Å². The molecule has 0 aliphatic carbocycles. The van der Waals surface area contributed by atoms with Crippen LogP contribution in [0.25, 0.3) is 21.3 Å². The molecule has 1 N–H and O–H groups in total. The van der Waals surface area contributed by atoms with Crippen LogP contribution in [0.5, 0.6) is 0 Å². The van der Waals surface area contributed by atoms with Gasteiger partial charge in [-0.3, -0.25) is 4.98 Å². The normalized spacial score (nSPS) is 15.4. The summed E-state index contributed by atoms with van der Waals surface area (Å²) in [5.74, 6) is 1.11. The molecule has 1 aliphatic rings. The van der Waals surface area contributed by atoms with Crippen LogP contribution in [0.1, 0.15) is 17.8 Å². The fourth-order valence-corrected chi connectivity index (χ4v) is 3.66. The molecule has 0 saturated carbocycles. The number of anilines is 1. The topological polar surface area (TPSA) is 100 Å². The molecule has 0 aromatic carbocycles. The van der Waals surface area contributed by atoms with Crippen LogP contribution in [-0.2, 0) is 0 Å². The predicted octanol–water partition coefficient (Wildman–Crippen LogP) is 2.38. The van der Waals surface area contributed by atoms with Crippen molar-refractivity contribution in [2.75, 3.05) is 18.5 Å². The van der Waals surface area contributed by atoms with E-state index in [4.69, 9.17) is 0 Å². The molecule has 8 nitrogen and oxygen atoms in total. The molecule has 0 radical (unpaired) electrons. The van der Waals surface area contributed by atoms with Crippen molar-refractivity contribution in [3.63, 3.8) is 0 Å². The van der Waals surface area contributed by atoms with Gasteiger partial charge in [0.1, 0.15) is 16.4 Å². The van der Waals surface area contributed by atoms with E-state index in [1.807, 2.05) is 31.0 Å². The van der Waals surface area contributed by atoms with Gasteiger partial charge in [-0.1, -0.05) is 5.16 Å². The Kier molecular flexibility index (Phi) is 3.85. The quantitative estimate of drug-likeness (QED) is 0.557. The first-order chi connectivity index (χ1) is 12.2. The summed E-state index contributed by atoms with van der Waals surface area (Å²) in [5.41, 5.74) is 2.87. The van der Waals surface area contributed by atoms with Crippen molar-refractivity contribution >= 4 is 22.9 Å². The van der Waals surface area contributed by atoms with Crippen LogP contribution in [0.15, 0.2) is 29.7 Å². The van der Waals surface area contributed by atoms with Crippen molar-refractivity contribution in [3.05, 3.63) is 35.9 Å². The van der Waals surface area contributed by atoms with Gasteiger partial charge in [0.15, 0.2) is 11.6 Å². The van der Waals surface area contributed by atoms with E-state index >= 15 is 0 Å². The third-order valence-electron chi connectivity index (χ3n) is 4.02. The second-order valence-corrected chi connectivity index (χ2v) is 6.70. The lowest BCUT2D eigenvalue weighted by atomic mass is 10.1. The first-order valence-electron chi connectivity index (χ1n) is 7.72. The second-order valence-electron chi connectivity index (χ2n) is 5.70. The zero-order valence-corrected chi connectivity index (χ0v) is 14.5. The van der Waals surface area contributed by atoms with Crippen molar-refractivity contribution < 1.29 is 5.21 Å². The molecular formula is C16H15N7OS. The highest BCUT2D eigenvalue weighted by atomic mass is 32.1. The summed E-state index contributed by atoms with van der Waals surface area (Å²) >= 11 is 1.49. The smallest absolute Gasteiger partial charge is 0.194 e. The Labute approximate surface area is 147 Å². The monoisotopic (exact) mass is 353 g/mol. The molecule has 0 fully saturated rings. The summed E-state index contributed by atoms with van der Waals surface area (Å²) in [5, 5.41) is 22.0. The van der Waals surface area contributed by atoms with Gasteiger partial charge in [-0.2, -0.15) is 0 Å². The maximum absolute atomic E-state index is 9.26. The lowest BCUT2D eigenvalue weighted by Gasteiger charge is -2.24. The molecule has 9 heteroatoms. The number of aryl methyl sites for hydroxylation is 1. The maximum Gasteiger partial charge on any atom is 0.194 e. The standard InChI is InChI=1S/C16H15N7OS/c1-9-13(25-16(18-9)10-4-3-6-17-8-10)14-19-12-11(22-24)5-7-23(2)15(12)21-20-14/h3-4,6,8,24H,5,7H2,1-2H3/b22-11+. The highest BCUT2D eigenvalue weighted by Crippen LogP contribution is 2.34. The lowest BCUT2D eigenvalue weighted by molar-refractivity contribution is 0.317. The summed E-state index contributed by atoms with van der Waals surface area (Å²) in [6.07, 6.45) is 4.12. The summed E-state index contributed by atoms with van der Waals surface area (Å²) in [6.45, 7) is 2.63. The second kappa shape index (κ2) is 6.17. The van der Waals surface area contributed by atoms with Crippen LogP contribution in [0.2, 0.25) is 0 Å². The number of pyridine rings is 1. The fourth-order valence-electron chi connectivity index (χ4n) is 2.68. The molecule has 0 unspecified atom stereocenters. The number of oxime groups is 1. The third kappa shape index (κ3) is 2.72. The van der Waals surface area contributed by atoms with Crippen LogP contribution in [0, 0.1) is 6.92 Å². The van der Waals surface area contributed by atoms with Crippen LogP contribution < -0.4 is 4.90 Å². The van der Waals surface area contributed by atoms with Crippen molar-refractivity contribution in [2.24, 2.45) is 5.16 Å². The Morgan fingerprint density at radius 1 is 1.28 bits per heavy atom. The van der Waals surface area contributed by atoms with Crippen molar-refractivity contribution in [2.45, 2.75) is 13.3 Å². The molecule has 0 amide bonds. The molecule has 4 rings (SSSR count). The molecule has 126 valence electrons. The summed E-state index contributed by atoms with van der Waals surface area (Å²) in [7, 11) is 1.92. The van der Waals surface area contributed by atoms with E-state index < -0.39 is 0 Å². The Morgan fingerprint density at radius 3 is 2.92 bits per heavy atom. The van der Waals surface area contributed by atoms with Crippen molar-refractivity contribution in [3.8, 4) is 21.3 Å². The van der Waals surface area contributed by atoms with E-state index in [1.165, 1.54) is 11.3 Å². The molecular weight excluding hydrogens is 338 g/mol. The number of nitrogens with zero attached hydrogens (tertiary/aromatic N) is 7. The maximum atomic E-state index is 9.26. The Hall–Kier alpha value is -2.94. The van der Waals surface area contributed by atoms with Crippen LogP contribution in [0.3, 0.4) is 0 Å². The number of hydrogen-bond acceptors (Lipinski definition) is 9. The Morgan fingerprint density at radius 2 is 2.16 bits per heavy atom. The number of hydrogen-bond donors (Lipinski definition) is 1. The highest BCUT2D eigenvalue weighted by molar-refractivity contribution is 7.18. The van der Waals surface area contributed by atoms with Crippen molar-refractivity contribution in [1.82, 2.24) is 25.1 Å². The zero-order valence-electron chi connectivity index (χ0n) is 13.7. The molecule has 4 heterocycles. The highest BCUT2D eigenvalue weighted by Gasteiger charge is 2.25. The Bertz CT molecular complexity index is 954. The molecule has 3 aromatic rings. The van der Waals surface area contributed by atoms with E-state index in [1.54, 1.807) is 12.4 Å². The van der Waals surface area contributed by atoms with Gasteiger partial charge in [0, 0.05) is 38.0 Å². The predicted molar refractivity (Wildman–Crippen MR) is 95.1 cm³/mol. The summed E-state index contributed by atoms with van der Waals surface area (Å²) in [6, 6.07) is 3.84. The van der Waals surface area contributed by atoms with E-state index in [-0.39, 0.29) is 0 Å². The average Bonchev–Trinajstić information content (AvgIpc) is 3.04. The van der Waals surface area contributed by atoms with Gasteiger partial charge < -0.3 is 10.1 Å². The van der Waals surface area contributed by atoms with E-state index in [0.717, 1.165) is 21.1 Å². The molecule has 25 heavy (non-hydrogen) atoms. The summed E-state index contributed by atoms with van der Waals surface area (Å²) in [4.78, 5) is 16.1. The van der Waals surface area contributed by atoms with Gasteiger partial charge in [0.25, 0.3) is 0 Å². The minimum absolute atomic E-state index is 0.486. The third-order valence-corrected chi connectivity index (χ3v) is 5.22. The Balaban J connectivity index is 1.80. The van der Waals surface area contributed by atoms with E-state index in [9.17, 15) is 5.21 Å². The molecule has 3 aromatic heterocycles. The molecule has 0 atom stereocenters. The van der Waals surface area contributed by atoms with Gasteiger partial charge in [-0.25, -0.2) is 9.97 Å². The lowest BCUT2D eigenvalue weighted by Crippen LogP contribution is -2.31. The number of aromatic nitrogens is 5.